The molecule has 1 aromatic heterocycles. The van der Waals surface area contributed by atoms with Crippen LogP contribution in [0.25, 0.3) is 0 Å². The molecule has 2 atom stereocenters. The lowest BCUT2D eigenvalue weighted by Crippen LogP contribution is -2.40. The van der Waals surface area contributed by atoms with Crippen LogP contribution in [-0.2, 0) is 10.3 Å². The molecule has 6 nitrogen and oxygen atoms in total. The van der Waals surface area contributed by atoms with Gasteiger partial charge in [-0.1, -0.05) is 13.8 Å². The van der Waals surface area contributed by atoms with Crippen molar-refractivity contribution >= 4 is 5.96 Å². The highest BCUT2D eigenvalue weighted by atomic mass is 16.5. The number of ether oxygens (including phenoxy) is 1. The molecule has 0 aromatic carbocycles. The number of furan rings is 1. The molecular formula is C20H37N3O3. The molecule has 0 aliphatic carbocycles. The van der Waals surface area contributed by atoms with E-state index in [-0.39, 0.29) is 12.6 Å². The molecule has 0 radical (unpaired) electrons. The molecule has 0 fully saturated rings. The van der Waals surface area contributed by atoms with E-state index < -0.39 is 5.60 Å². The molecule has 0 aliphatic rings. The van der Waals surface area contributed by atoms with E-state index in [4.69, 9.17) is 9.15 Å². The van der Waals surface area contributed by atoms with Gasteiger partial charge >= 0.3 is 0 Å². The van der Waals surface area contributed by atoms with E-state index in [2.05, 4.69) is 29.5 Å². The first-order valence-corrected chi connectivity index (χ1v) is 9.64. The van der Waals surface area contributed by atoms with Crippen LogP contribution in [0.1, 0.15) is 58.1 Å². The topological polar surface area (TPSA) is 79.0 Å². The van der Waals surface area contributed by atoms with Crippen molar-refractivity contribution in [1.29, 1.82) is 0 Å². The minimum Gasteiger partial charge on any atom is -0.466 e. The summed E-state index contributed by atoms with van der Waals surface area (Å²) < 4.78 is 11.3. The van der Waals surface area contributed by atoms with Gasteiger partial charge in [-0.2, -0.15) is 0 Å². The third kappa shape index (κ3) is 7.00. The summed E-state index contributed by atoms with van der Waals surface area (Å²) in [5.74, 6) is 2.70. The van der Waals surface area contributed by atoms with Gasteiger partial charge < -0.3 is 24.9 Å². The molecule has 0 saturated heterocycles. The van der Waals surface area contributed by atoms with E-state index in [1.54, 1.807) is 6.92 Å². The molecule has 0 aliphatic heterocycles. The second kappa shape index (κ2) is 10.6. The van der Waals surface area contributed by atoms with Crippen molar-refractivity contribution in [3.8, 4) is 0 Å². The molecule has 0 amide bonds. The number of aliphatic imine (C=N–C) groups is 1. The van der Waals surface area contributed by atoms with Gasteiger partial charge in [0.1, 0.15) is 17.1 Å². The molecule has 6 heteroatoms. The SMILES string of the molecule is CCNC(=NCC(C)(O)c1cc(C)oc1C)NCCC(OCC)C(C)C. The summed E-state index contributed by atoms with van der Waals surface area (Å²) in [4.78, 5) is 4.56. The van der Waals surface area contributed by atoms with Crippen LogP contribution in [0.3, 0.4) is 0 Å². The van der Waals surface area contributed by atoms with Gasteiger partial charge in [0, 0.05) is 25.3 Å². The Balaban J connectivity index is 2.69. The second-order valence-electron chi connectivity index (χ2n) is 7.25. The van der Waals surface area contributed by atoms with Crippen molar-refractivity contribution in [2.75, 3.05) is 26.2 Å². The predicted molar refractivity (Wildman–Crippen MR) is 107 cm³/mol. The molecular weight excluding hydrogens is 330 g/mol. The first kappa shape index (κ1) is 22.5. The summed E-state index contributed by atoms with van der Waals surface area (Å²) in [5, 5.41) is 17.4. The molecule has 1 rings (SSSR count). The van der Waals surface area contributed by atoms with Gasteiger partial charge in [-0.3, -0.25) is 0 Å². The average Bonchev–Trinajstić information content (AvgIpc) is 2.91. The van der Waals surface area contributed by atoms with Gasteiger partial charge in [0.15, 0.2) is 5.96 Å². The molecule has 0 saturated carbocycles. The van der Waals surface area contributed by atoms with Crippen molar-refractivity contribution < 1.29 is 14.3 Å². The first-order chi connectivity index (χ1) is 12.2. The highest BCUT2D eigenvalue weighted by Crippen LogP contribution is 2.27. The fraction of sp³-hybridized carbons (Fsp3) is 0.750. The summed E-state index contributed by atoms with van der Waals surface area (Å²) in [5.41, 5.74) is -0.290. The van der Waals surface area contributed by atoms with Crippen LogP contribution in [0.4, 0.5) is 0 Å². The zero-order chi connectivity index (χ0) is 19.7. The zero-order valence-electron chi connectivity index (χ0n) is 17.5. The molecule has 3 N–H and O–H groups in total. The largest absolute Gasteiger partial charge is 0.466 e. The summed E-state index contributed by atoms with van der Waals surface area (Å²) in [7, 11) is 0. The summed E-state index contributed by atoms with van der Waals surface area (Å²) in [6, 6.07) is 1.88. The maximum Gasteiger partial charge on any atom is 0.191 e. The monoisotopic (exact) mass is 367 g/mol. The molecule has 2 unspecified atom stereocenters. The van der Waals surface area contributed by atoms with E-state index in [0.717, 1.165) is 43.2 Å². The van der Waals surface area contributed by atoms with Crippen molar-refractivity contribution in [2.45, 2.75) is 66.6 Å². The fourth-order valence-corrected chi connectivity index (χ4v) is 2.98. The fourth-order valence-electron chi connectivity index (χ4n) is 2.98. The Bertz CT molecular complexity index is 565. The van der Waals surface area contributed by atoms with Gasteiger partial charge in [0.2, 0.25) is 0 Å². The van der Waals surface area contributed by atoms with Crippen LogP contribution >= 0.6 is 0 Å². The lowest BCUT2D eigenvalue weighted by atomic mass is 9.96. The van der Waals surface area contributed by atoms with Gasteiger partial charge in [-0.15, -0.1) is 0 Å². The van der Waals surface area contributed by atoms with Crippen LogP contribution in [0, 0.1) is 19.8 Å². The highest BCUT2D eigenvalue weighted by molar-refractivity contribution is 5.79. The van der Waals surface area contributed by atoms with Gasteiger partial charge in [0.05, 0.1) is 12.6 Å². The van der Waals surface area contributed by atoms with E-state index in [1.165, 1.54) is 0 Å². The number of guanidine groups is 1. The quantitative estimate of drug-likeness (QED) is 0.437. The van der Waals surface area contributed by atoms with Crippen LogP contribution in [-0.4, -0.2) is 43.4 Å². The van der Waals surface area contributed by atoms with E-state index >= 15 is 0 Å². The third-order valence-electron chi connectivity index (χ3n) is 4.36. The molecule has 1 aromatic rings. The van der Waals surface area contributed by atoms with E-state index in [0.29, 0.717) is 11.9 Å². The van der Waals surface area contributed by atoms with Crippen molar-refractivity contribution in [2.24, 2.45) is 10.9 Å². The normalized spacial score (nSPS) is 15.8. The molecule has 0 bridgehead atoms. The Kier molecular flexibility index (Phi) is 9.16. The van der Waals surface area contributed by atoms with Crippen LogP contribution < -0.4 is 10.6 Å². The number of aliphatic hydroxyl groups is 1. The first-order valence-electron chi connectivity index (χ1n) is 9.64. The maximum atomic E-state index is 10.8. The number of hydrogen-bond donors (Lipinski definition) is 3. The summed E-state index contributed by atoms with van der Waals surface area (Å²) in [6.07, 6.45) is 1.14. The molecule has 1 heterocycles. The lowest BCUT2D eigenvalue weighted by molar-refractivity contribution is 0.0258. The Labute approximate surface area is 158 Å². The van der Waals surface area contributed by atoms with E-state index in [9.17, 15) is 5.11 Å². The Morgan fingerprint density at radius 2 is 2.00 bits per heavy atom. The number of nitrogens with one attached hydrogen (secondary N) is 2. The molecule has 0 spiro atoms. The summed E-state index contributed by atoms with van der Waals surface area (Å²) in [6.45, 7) is 16.4. The Morgan fingerprint density at radius 1 is 1.31 bits per heavy atom. The van der Waals surface area contributed by atoms with E-state index in [1.807, 2.05) is 33.8 Å². The molecule has 150 valence electrons. The van der Waals surface area contributed by atoms with Crippen molar-refractivity contribution in [3.05, 3.63) is 23.2 Å². The third-order valence-corrected chi connectivity index (χ3v) is 4.36. The average molecular weight is 368 g/mol. The Morgan fingerprint density at radius 3 is 2.50 bits per heavy atom. The maximum absolute atomic E-state index is 10.8. The second-order valence-corrected chi connectivity index (χ2v) is 7.25. The number of rotatable bonds is 10. The standard InChI is InChI=1S/C20H37N3O3/c1-8-21-19(22-11-10-18(14(3)4)25-9-2)23-13-20(7,24)17-12-15(5)26-16(17)6/h12,14,18,24H,8-11,13H2,1-7H3,(H2,21,22,23). The van der Waals surface area contributed by atoms with Gasteiger partial charge in [0.25, 0.3) is 0 Å². The smallest absolute Gasteiger partial charge is 0.191 e. The van der Waals surface area contributed by atoms with Crippen LogP contribution in [0.5, 0.6) is 0 Å². The Hall–Kier alpha value is -1.53. The zero-order valence-corrected chi connectivity index (χ0v) is 17.5. The minimum atomic E-state index is -1.07. The lowest BCUT2D eigenvalue weighted by Gasteiger charge is -2.23. The minimum absolute atomic E-state index is 0.232. The van der Waals surface area contributed by atoms with Crippen molar-refractivity contribution in [3.63, 3.8) is 0 Å². The van der Waals surface area contributed by atoms with Gasteiger partial charge in [-0.05, 0) is 53.0 Å². The highest BCUT2D eigenvalue weighted by Gasteiger charge is 2.27. The van der Waals surface area contributed by atoms with Crippen LogP contribution in [0.2, 0.25) is 0 Å². The number of hydrogen-bond acceptors (Lipinski definition) is 4. The van der Waals surface area contributed by atoms with Crippen molar-refractivity contribution in [1.82, 2.24) is 10.6 Å². The van der Waals surface area contributed by atoms with Crippen LogP contribution in [0.15, 0.2) is 15.5 Å². The van der Waals surface area contributed by atoms with Gasteiger partial charge in [-0.25, -0.2) is 4.99 Å². The molecule has 26 heavy (non-hydrogen) atoms. The summed E-state index contributed by atoms with van der Waals surface area (Å²) >= 11 is 0. The number of nitrogens with zero attached hydrogens (tertiary/aromatic N) is 1. The number of aryl methyl sites for hydroxylation is 2. The predicted octanol–water partition coefficient (Wildman–Crippen LogP) is 3.11.